The first-order valence-electron chi connectivity index (χ1n) is 11.5. The number of nitrogen functional groups attached to an aromatic ring is 1. The highest BCUT2D eigenvalue weighted by molar-refractivity contribution is 7.17. The smallest absolute Gasteiger partial charge is 0.352 e. The molecule has 0 radical (unpaired) electrons. The third-order valence-electron chi connectivity index (χ3n) is 5.92. The molecular formula is C25H31N5O3S. The highest BCUT2D eigenvalue weighted by Gasteiger charge is 2.24. The van der Waals surface area contributed by atoms with Gasteiger partial charge in [-0.3, -0.25) is 9.88 Å². The molecule has 2 aromatic heterocycles. The second-order valence-corrected chi connectivity index (χ2v) is 9.26. The molecule has 8 nitrogen and oxygen atoms in total. The molecule has 0 unspecified atom stereocenters. The van der Waals surface area contributed by atoms with E-state index < -0.39 is 0 Å². The Morgan fingerprint density at radius 2 is 2.12 bits per heavy atom. The highest BCUT2D eigenvalue weighted by atomic mass is 32.1. The summed E-state index contributed by atoms with van der Waals surface area (Å²) in [6.45, 7) is 5.25. The molecule has 0 spiro atoms. The number of aromatic nitrogens is 2. The number of hydrogen-bond acceptors (Lipinski definition) is 9. The van der Waals surface area contributed by atoms with E-state index in [1.807, 2.05) is 24.3 Å². The number of hydrogen-bond donors (Lipinski definition) is 2. The van der Waals surface area contributed by atoms with Gasteiger partial charge in [-0.2, -0.15) is 0 Å². The van der Waals surface area contributed by atoms with Crippen molar-refractivity contribution in [1.29, 1.82) is 0 Å². The van der Waals surface area contributed by atoms with Gasteiger partial charge in [-0.05, 0) is 55.6 Å². The molecule has 0 saturated carbocycles. The summed E-state index contributed by atoms with van der Waals surface area (Å²) in [5.41, 5.74) is 10.1. The van der Waals surface area contributed by atoms with Crippen LogP contribution < -0.4 is 11.1 Å². The summed E-state index contributed by atoms with van der Waals surface area (Å²) in [5.74, 6) is 0.112. The van der Waals surface area contributed by atoms with Crippen LogP contribution in [0, 0.1) is 0 Å². The zero-order valence-electron chi connectivity index (χ0n) is 19.6. The molecule has 4 rings (SSSR count). The second-order valence-electron chi connectivity index (χ2n) is 8.26. The molecule has 0 aliphatic carbocycles. The van der Waals surface area contributed by atoms with Crippen molar-refractivity contribution in [2.75, 3.05) is 37.9 Å². The van der Waals surface area contributed by atoms with Gasteiger partial charge in [0.05, 0.1) is 13.2 Å². The molecule has 9 heteroatoms. The molecule has 3 heterocycles. The van der Waals surface area contributed by atoms with Crippen LogP contribution in [0.15, 0.2) is 42.7 Å². The number of benzene rings is 1. The number of carbonyl (C=O) groups is 1. The maximum Gasteiger partial charge on any atom is 0.352 e. The molecule has 1 aliphatic heterocycles. The second kappa shape index (κ2) is 11.4. The van der Waals surface area contributed by atoms with Crippen molar-refractivity contribution in [3.63, 3.8) is 0 Å². The Balaban J connectivity index is 1.47. The maximum atomic E-state index is 12.5. The van der Waals surface area contributed by atoms with Crippen LogP contribution in [0.25, 0.3) is 10.6 Å². The summed E-state index contributed by atoms with van der Waals surface area (Å²) in [4.78, 5) is 24.1. The van der Waals surface area contributed by atoms with E-state index in [-0.39, 0.29) is 5.97 Å². The van der Waals surface area contributed by atoms with Crippen molar-refractivity contribution >= 4 is 28.8 Å². The van der Waals surface area contributed by atoms with E-state index in [2.05, 4.69) is 26.3 Å². The number of likely N-dealkylation sites (tertiary alicyclic amines) is 1. The summed E-state index contributed by atoms with van der Waals surface area (Å²) in [6.07, 6.45) is 5.78. The van der Waals surface area contributed by atoms with E-state index in [0.717, 1.165) is 41.5 Å². The molecule has 1 aromatic carbocycles. The Hall–Kier alpha value is -3.01. The quantitative estimate of drug-likeness (QED) is 0.328. The number of ether oxygens (including phenoxy) is 2. The number of methoxy groups -OCH3 is 1. The van der Waals surface area contributed by atoms with Gasteiger partial charge in [-0.15, -0.1) is 11.3 Å². The van der Waals surface area contributed by atoms with Crippen LogP contribution in [0.4, 0.5) is 11.5 Å². The minimum Gasteiger partial charge on any atom is -0.462 e. The van der Waals surface area contributed by atoms with Gasteiger partial charge < -0.3 is 20.5 Å². The topological polar surface area (TPSA) is 103 Å². The minimum absolute atomic E-state index is 0.303. The van der Waals surface area contributed by atoms with Crippen molar-refractivity contribution < 1.29 is 14.3 Å². The van der Waals surface area contributed by atoms with Gasteiger partial charge in [0.1, 0.15) is 5.01 Å². The van der Waals surface area contributed by atoms with E-state index in [1.54, 1.807) is 26.4 Å². The Bertz CT molecular complexity index is 1110. The molecule has 3 aromatic rings. The number of esters is 1. The largest absolute Gasteiger partial charge is 0.462 e. The average Bonchev–Trinajstić information content (AvgIpc) is 3.47. The van der Waals surface area contributed by atoms with Gasteiger partial charge in [0.15, 0.2) is 10.7 Å². The molecule has 1 fully saturated rings. The monoisotopic (exact) mass is 481 g/mol. The van der Waals surface area contributed by atoms with E-state index in [4.69, 9.17) is 15.2 Å². The van der Waals surface area contributed by atoms with Gasteiger partial charge in [-0.25, -0.2) is 9.78 Å². The lowest BCUT2D eigenvalue weighted by Crippen LogP contribution is -2.32. The van der Waals surface area contributed by atoms with Crippen molar-refractivity contribution in [3.05, 3.63) is 58.7 Å². The van der Waals surface area contributed by atoms with Crippen LogP contribution in [0.5, 0.6) is 0 Å². The fraction of sp³-hybridized carbons (Fsp3) is 0.400. The summed E-state index contributed by atoms with van der Waals surface area (Å²) in [6, 6.07) is 10.4. The van der Waals surface area contributed by atoms with Crippen LogP contribution in [0.3, 0.4) is 0 Å². The number of pyridine rings is 1. The van der Waals surface area contributed by atoms with Gasteiger partial charge in [0.2, 0.25) is 0 Å². The predicted octanol–water partition coefficient (Wildman–Crippen LogP) is 4.19. The number of nitrogens with one attached hydrogen (secondary N) is 1. The molecule has 34 heavy (non-hydrogen) atoms. The Kier molecular flexibility index (Phi) is 8.10. The Morgan fingerprint density at radius 1 is 1.29 bits per heavy atom. The third kappa shape index (κ3) is 5.72. The first kappa shape index (κ1) is 24.1. The average molecular weight is 482 g/mol. The number of thiazole rings is 1. The number of anilines is 2. The number of nitrogens with two attached hydrogens (primary N) is 1. The van der Waals surface area contributed by atoms with Crippen LogP contribution in [0.2, 0.25) is 0 Å². The van der Waals surface area contributed by atoms with Gasteiger partial charge in [-0.1, -0.05) is 12.1 Å². The molecule has 0 amide bonds. The molecule has 1 atom stereocenters. The van der Waals surface area contributed by atoms with E-state index in [9.17, 15) is 4.79 Å². The summed E-state index contributed by atoms with van der Waals surface area (Å²) < 4.78 is 10.6. The zero-order chi connectivity index (χ0) is 23.9. The first-order chi connectivity index (χ1) is 16.6. The summed E-state index contributed by atoms with van der Waals surface area (Å²) in [5, 5.41) is 4.02. The molecule has 0 bridgehead atoms. The van der Waals surface area contributed by atoms with Gasteiger partial charge in [0.25, 0.3) is 0 Å². The van der Waals surface area contributed by atoms with Crippen molar-refractivity contribution in [2.24, 2.45) is 0 Å². The van der Waals surface area contributed by atoms with Crippen LogP contribution in [0.1, 0.15) is 40.6 Å². The van der Waals surface area contributed by atoms with Crippen molar-refractivity contribution in [1.82, 2.24) is 14.9 Å². The lowest BCUT2D eigenvalue weighted by atomic mass is 10.1. The highest BCUT2D eigenvalue weighted by Crippen LogP contribution is 2.32. The SMILES string of the molecule is CCOC(=O)c1sc(-c2ccncc2)nc1NCc1ccc(CN2CCC[C@H]2COC)cc1N. The summed E-state index contributed by atoms with van der Waals surface area (Å²) >= 11 is 1.30. The Morgan fingerprint density at radius 3 is 2.85 bits per heavy atom. The first-order valence-corrected chi connectivity index (χ1v) is 12.3. The fourth-order valence-electron chi connectivity index (χ4n) is 4.19. The van der Waals surface area contributed by atoms with Crippen molar-refractivity contribution in [2.45, 2.75) is 38.9 Å². The van der Waals surface area contributed by atoms with Crippen LogP contribution in [-0.2, 0) is 22.6 Å². The van der Waals surface area contributed by atoms with Crippen LogP contribution in [-0.4, -0.2) is 53.7 Å². The zero-order valence-corrected chi connectivity index (χ0v) is 20.4. The standard InChI is InChI=1S/C25H31N5O3S/c1-3-33-25(31)22-23(29-24(34-22)18-8-10-27-11-9-18)28-14-19-7-6-17(13-21(19)26)15-30-12-4-5-20(30)16-32-2/h6-11,13,20,28H,3-5,12,14-16,26H2,1-2H3/t20-/m0/s1. The minimum atomic E-state index is -0.387. The van der Waals surface area contributed by atoms with Crippen molar-refractivity contribution in [3.8, 4) is 10.6 Å². The third-order valence-corrected chi connectivity index (χ3v) is 7.00. The maximum absolute atomic E-state index is 12.5. The normalized spacial score (nSPS) is 16.0. The van der Waals surface area contributed by atoms with Crippen LogP contribution >= 0.6 is 11.3 Å². The molecule has 1 saturated heterocycles. The lowest BCUT2D eigenvalue weighted by molar-refractivity contribution is 0.0533. The predicted molar refractivity (Wildman–Crippen MR) is 135 cm³/mol. The number of carbonyl (C=O) groups excluding carboxylic acids is 1. The molecular weight excluding hydrogens is 450 g/mol. The Labute approximate surface area is 204 Å². The van der Waals surface area contributed by atoms with E-state index in [0.29, 0.717) is 29.9 Å². The summed E-state index contributed by atoms with van der Waals surface area (Å²) in [7, 11) is 1.76. The van der Waals surface area contributed by atoms with Gasteiger partial charge >= 0.3 is 5.97 Å². The number of nitrogens with zero attached hydrogens (tertiary/aromatic N) is 3. The molecule has 180 valence electrons. The van der Waals surface area contributed by atoms with E-state index in [1.165, 1.54) is 29.7 Å². The molecule has 3 N–H and O–H groups in total. The molecule has 1 aliphatic rings. The van der Waals surface area contributed by atoms with Gasteiger partial charge in [0, 0.05) is 49.9 Å². The lowest BCUT2D eigenvalue weighted by Gasteiger charge is -2.24. The number of rotatable bonds is 10. The fourth-order valence-corrected chi connectivity index (χ4v) is 5.14. The van der Waals surface area contributed by atoms with E-state index >= 15 is 0 Å².